The van der Waals surface area contributed by atoms with Crippen molar-refractivity contribution in [3.8, 4) is 18.4 Å². The SMILES string of the molecule is C#CCNC(=O)C(C#N)=c1sc(=CNc2cccc(CCN3CCC(C(F)(F)F)CC3)c2)c(=O)n1CC. The molecule has 1 aromatic heterocycles. The molecule has 1 fully saturated rings. The quantitative estimate of drug-likeness (QED) is 0.509. The first-order chi connectivity index (χ1) is 17.7. The summed E-state index contributed by atoms with van der Waals surface area (Å²) in [6.45, 7) is 3.53. The van der Waals surface area contributed by atoms with Crippen LogP contribution in [-0.4, -0.2) is 47.7 Å². The van der Waals surface area contributed by atoms with Crippen LogP contribution in [0.2, 0.25) is 0 Å². The van der Waals surface area contributed by atoms with Gasteiger partial charge >= 0.3 is 6.18 Å². The van der Waals surface area contributed by atoms with E-state index >= 15 is 0 Å². The molecule has 3 rings (SSSR count). The van der Waals surface area contributed by atoms with Crippen LogP contribution in [0, 0.1) is 29.6 Å². The van der Waals surface area contributed by atoms with E-state index in [0.29, 0.717) is 30.6 Å². The first kappa shape index (κ1) is 28.0. The van der Waals surface area contributed by atoms with Gasteiger partial charge in [-0.1, -0.05) is 18.1 Å². The van der Waals surface area contributed by atoms with Crippen LogP contribution < -0.4 is 25.4 Å². The summed E-state index contributed by atoms with van der Waals surface area (Å²) in [7, 11) is 0. The predicted octanol–water partition coefficient (Wildman–Crippen LogP) is 2.02. The second-order valence-electron chi connectivity index (χ2n) is 8.59. The number of rotatable bonds is 8. The van der Waals surface area contributed by atoms with Gasteiger partial charge in [0.15, 0.2) is 5.57 Å². The molecular formula is C26H28F3N5O2S. The normalized spacial score (nSPS) is 16.1. The number of likely N-dealkylation sites (tertiary alicyclic amines) is 1. The van der Waals surface area contributed by atoms with E-state index in [1.54, 1.807) is 6.92 Å². The summed E-state index contributed by atoms with van der Waals surface area (Å²) in [5.41, 5.74) is 1.24. The molecule has 7 nitrogen and oxygen atoms in total. The topological polar surface area (TPSA) is 90.2 Å². The fraction of sp³-hybridized carbons (Fsp3) is 0.423. The number of anilines is 1. The van der Waals surface area contributed by atoms with Gasteiger partial charge in [0.1, 0.15) is 15.3 Å². The second-order valence-corrected chi connectivity index (χ2v) is 9.62. The van der Waals surface area contributed by atoms with E-state index in [4.69, 9.17) is 6.42 Å². The number of hydrogen-bond acceptors (Lipinski definition) is 6. The van der Waals surface area contributed by atoms with E-state index in [9.17, 15) is 28.0 Å². The maximum absolute atomic E-state index is 12.9. The van der Waals surface area contributed by atoms with Gasteiger partial charge in [0.25, 0.3) is 11.5 Å². The lowest BCUT2D eigenvalue weighted by molar-refractivity contribution is -0.185. The molecule has 11 heteroatoms. The Kier molecular flexibility index (Phi) is 9.56. The van der Waals surface area contributed by atoms with E-state index in [1.165, 1.54) is 10.8 Å². The predicted molar refractivity (Wildman–Crippen MR) is 138 cm³/mol. The van der Waals surface area contributed by atoms with Gasteiger partial charge in [0.05, 0.1) is 12.5 Å². The van der Waals surface area contributed by atoms with Gasteiger partial charge in [-0.05, 0) is 57.0 Å². The lowest BCUT2D eigenvalue weighted by Gasteiger charge is -2.32. The van der Waals surface area contributed by atoms with E-state index in [-0.39, 0.29) is 41.7 Å². The molecule has 2 heterocycles. The third-order valence-electron chi connectivity index (χ3n) is 6.19. The van der Waals surface area contributed by atoms with E-state index < -0.39 is 18.0 Å². The summed E-state index contributed by atoms with van der Waals surface area (Å²) >= 11 is 1.03. The fourth-order valence-corrected chi connectivity index (χ4v) is 5.23. The number of benzene rings is 1. The van der Waals surface area contributed by atoms with Crippen LogP contribution in [0.1, 0.15) is 25.3 Å². The average molecular weight is 532 g/mol. The number of thiazole rings is 1. The highest BCUT2D eigenvalue weighted by atomic mass is 32.1. The van der Waals surface area contributed by atoms with Gasteiger partial charge < -0.3 is 15.5 Å². The maximum atomic E-state index is 12.9. The van der Waals surface area contributed by atoms with Gasteiger partial charge in [0, 0.05) is 25.0 Å². The van der Waals surface area contributed by atoms with Crippen LogP contribution in [0.3, 0.4) is 0 Å². The Morgan fingerprint density at radius 2 is 2.05 bits per heavy atom. The highest BCUT2D eigenvalue weighted by Gasteiger charge is 2.40. The first-order valence-corrected chi connectivity index (χ1v) is 12.7. The van der Waals surface area contributed by atoms with Crippen molar-refractivity contribution in [2.75, 3.05) is 31.5 Å². The molecule has 1 aliphatic rings. The summed E-state index contributed by atoms with van der Waals surface area (Å²) in [6.07, 6.45) is 3.54. The molecule has 2 aromatic rings. The zero-order valence-electron chi connectivity index (χ0n) is 20.4. The molecule has 0 aliphatic carbocycles. The number of aromatic nitrogens is 1. The van der Waals surface area contributed by atoms with Gasteiger partial charge in [-0.25, -0.2) is 0 Å². The van der Waals surface area contributed by atoms with Crippen molar-refractivity contribution in [2.24, 2.45) is 5.92 Å². The number of piperidine rings is 1. The first-order valence-electron chi connectivity index (χ1n) is 11.9. The Bertz CT molecular complexity index is 1370. The highest BCUT2D eigenvalue weighted by Crippen LogP contribution is 2.34. The summed E-state index contributed by atoms with van der Waals surface area (Å²) in [5, 5.41) is 15.1. The van der Waals surface area contributed by atoms with E-state index in [0.717, 1.165) is 22.6 Å². The van der Waals surface area contributed by atoms with Crippen LogP contribution in [0.25, 0.3) is 11.8 Å². The number of carbonyl (C=O) groups excluding carboxylic acids is 1. The third-order valence-corrected chi connectivity index (χ3v) is 7.32. The van der Waals surface area contributed by atoms with Crippen LogP contribution >= 0.6 is 11.3 Å². The number of halogens is 3. The number of nitrogens with one attached hydrogen (secondary N) is 2. The van der Waals surface area contributed by atoms with Crippen molar-refractivity contribution in [3.63, 3.8) is 0 Å². The average Bonchev–Trinajstić information content (AvgIpc) is 3.20. The van der Waals surface area contributed by atoms with Crippen molar-refractivity contribution >= 4 is 34.7 Å². The minimum Gasteiger partial charge on any atom is -0.360 e. The summed E-state index contributed by atoms with van der Waals surface area (Å²) < 4.78 is 40.6. The Balaban J connectivity index is 1.73. The third kappa shape index (κ3) is 7.25. The summed E-state index contributed by atoms with van der Waals surface area (Å²) in [4.78, 5) is 27.2. The molecular weight excluding hydrogens is 503 g/mol. The van der Waals surface area contributed by atoms with Crippen molar-refractivity contribution in [3.05, 3.63) is 49.4 Å². The minimum atomic E-state index is -4.12. The number of hydrogen-bond donors (Lipinski definition) is 2. The Morgan fingerprint density at radius 1 is 1.32 bits per heavy atom. The van der Waals surface area contributed by atoms with Crippen LogP contribution in [0.5, 0.6) is 0 Å². The molecule has 37 heavy (non-hydrogen) atoms. The Hall–Kier alpha value is -3.54. The van der Waals surface area contributed by atoms with Gasteiger partial charge in [-0.3, -0.25) is 14.2 Å². The van der Waals surface area contributed by atoms with Crippen molar-refractivity contribution in [1.29, 1.82) is 5.26 Å². The molecule has 0 unspecified atom stereocenters. The molecule has 1 saturated heterocycles. The zero-order valence-corrected chi connectivity index (χ0v) is 21.2. The maximum Gasteiger partial charge on any atom is 0.391 e. The summed E-state index contributed by atoms with van der Waals surface area (Å²) in [6, 6.07) is 9.44. The highest BCUT2D eigenvalue weighted by molar-refractivity contribution is 7.07. The standard InChI is InChI=1S/C26H28F3N5O2S/c1-3-11-31-23(35)21(16-30)25-34(4-2)24(36)22(37-25)17-32-20-7-5-6-18(15-20)8-12-33-13-9-19(10-14-33)26(27,28)29/h1,5-7,15,17,19,32H,4,8-14H2,2H3,(H,31,35). The van der Waals surface area contributed by atoms with Crippen molar-refractivity contribution in [2.45, 2.75) is 38.9 Å². The number of carbonyl (C=O) groups is 1. The van der Waals surface area contributed by atoms with Crippen LogP contribution in [0.15, 0.2) is 29.1 Å². The molecule has 0 saturated carbocycles. The lowest BCUT2D eigenvalue weighted by Crippen LogP contribution is -2.39. The smallest absolute Gasteiger partial charge is 0.360 e. The van der Waals surface area contributed by atoms with Crippen molar-refractivity contribution in [1.82, 2.24) is 14.8 Å². The Morgan fingerprint density at radius 3 is 2.68 bits per heavy atom. The zero-order chi connectivity index (χ0) is 27.0. The van der Waals surface area contributed by atoms with Crippen molar-refractivity contribution < 1.29 is 18.0 Å². The second kappa shape index (κ2) is 12.6. The van der Waals surface area contributed by atoms with Gasteiger partial charge in [0.2, 0.25) is 0 Å². The van der Waals surface area contributed by atoms with Gasteiger partial charge in [-0.15, -0.1) is 17.8 Å². The van der Waals surface area contributed by atoms with E-state index in [2.05, 4.69) is 21.5 Å². The lowest BCUT2D eigenvalue weighted by atomic mass is 9.96. The monoisotopic (exact) mass is 531 g/mol. The molecule has 2 N–H and O–H groups in total. The number of alkyl halides is 3. The van der Waals surface area contributed by atoms with Crippen LogP contribution in [-0.2, 0) is 17.8 Å². The molecule has 1 amide bonds. The molecule has 1 aliphatic heterocycles. The number of amides is 1. The fourth-order valence-electron chi connectivity index (χ4n) is 4.14. The largest absolute Gasteiger partial charge is 0.391 e. The molecule has 196 valence electrons. The molecule has 0 radical (unpaired) electrons. The molecule has 0 atom stereocenters. The number of nitrogens with zero attached hydrogens (tertiary/aromatic N) is 3. The molecule has 1 aromatic carbocycles. The Labute approximate surface area is 216 Å². The van der Waals surface area contributed by atoms with E-state index in [1.807, 2.05) is 30.3 Å². The molecule has 0 spiro atoms. The minimum absolute atomic E-state index is 0.0333. The van der Waals surface area contributed by atoms with Gasteiger partial charge in [-0.2, -0.15) is 18.4 Å². The molecule has 0 bridgehead atoms. The van der Waals surface area contributed by atoms with Crippen LogP contribution in [0.4, 0.5) is 18.9 Å². The number of terminal acetylenes is 1. The number of nitriles is 1. The summed E-state index contributed by atoms with van der Waals surface area (Å²) in [5.74, 6) is 0.425.